The number of hydrogen-bond acceptors (Lipinski definition) is 4. The Bertz CT molecular complexity index is 972. The summed E-state index contributed by atoms with van der Waals surface area (Å²) < 4.78 is 10.6. The van der Waals surface area contributed by atoms with Gasteiger partial charge in [0.25, 0.3) is 0 Å². The van der Waals surface area contributed by atoms with Gasteiger partial charge in [-0.15, -0.1) is 0 Å². The molecule has 0 aromatic heterocycles. The van der Waals surface area contributed by atoms with Gasteiger partial charge in [0.1, 0.15) is 12.4 Å². The Balaban J connectivity index is 1.36. The molecule has 0 saturated carbocycles. The lowest BCUT2D eigenvalue weighted by Crippen LogP contribution is -2.30. The summed E-state index contributed by atoms with van der Waals surface area (Å²) in [4.78, 5) is 12.2. The van der Waals surface area contributed by atoms with Crippen molar-refractivity contribution >= 4 is 6.09 Å². The molecule has 4 rings (SSSR count). The molecule has 1 unspecified atom stereocenters. The van der Waals surface area contributed by atoms with Crippen LogP contribution in [0.1, 0.15) is 28.7 Å². The number of aliphatic hydroxyl groups excluding tert-OH is 1. The van der Waals surface area contributed by atoms with Crippen LogP contribution in [0.15, 0.2) is 72.8 Å². The second-order valence-corrected chi connectivity index (χ2v) is 7.00. The fourth-order valence-electron chi connectivity index (χ4n) is 3.80. The topological polar surface area (TPSA) is 67.8 Å². The van der Waals surface area contributed by atoms with Crippen LogP contribution in [0.4, 0.5) is 4.79 Å². The van der Waals surface area contributed by atoms with Crippen LogP contribution in [0.3, 0.4) is 0 Å². The molecule has 0 fully saturated rings. The third-order valence-electron chi connectivity index (χ3n) is 5.26. The largest absolute Gasteiger partial charge is 0.497 e. The van der Waals surface area contributed by atoms with E-state index in [-0.39, 0.29) is 19.1 Å². The Kier molecular flexibility index (Phi) is 5.49. The number of aliphatic hydroxyl groups is 1. The summed E-state index contributed by atoms with van der Waals surface area (Å²) >= 11 is 0. The lowest BCUT2D eigenvalue weighted by Gasteiger charge is -2.16. The molecular formula is C24H23NO4. The van der Waals surface area contributed by atoms with E-state index in [9.17, 15) is 9.90 Å². The van der Waals surface area contributed by atoms with E-state index in [1.807, 2.05) is 24.3 Å². The lowest BCUT2D eigenvalue weighted by molar-refractivity contribution is 0.128. The summed E-state index contributed by atoms with van der Waals surface area (Å²) in [6.07, 6.45) is -1.39. The number of hydrogen-bond donors (Lipinski definition) is 2. The van der Waals surface area contributed by atoms with Crippen molar-refractivity contribution in [1.29, 1.82) is 0 Å². The summed E-state index contributed by atoms with van der Waals surface area (Å²) in [5.74, 6) is 0.666. The van der Waals surface area contributed by atoms with Crippen molar-refractivity contribution in [2.45, 2.75) is 12.0 Å². The quantitative estimate of drug-likeness (QED) is 0.661. The summed E-state index contributed by atoms with van der Waals surface area (Å²) in [5.41, 5.74) is 5.37. The Hall–Kier alpha value is -3.31. The molecule has 148 valence electrons. The molecule has 29 heavy (non-hydrogen) atoms. The molecule has 1 amide bonds. The molecule has 0 spiro atoms. The molecule has 0 heterocycles. The number of rotatable bonds is 6. The van der Waals surface area contributed by atoms with Crippen molar-refractivity contribution in [3.63, 3.8) is 0 Å². The number of carbonyl (C=O) groups excluding carboxylic acids is 1. The van der Waals surface area contributed by atoms with Crippen molar-refractivity contribution < 1.29 is 19.4 Å². The standard InChI is InChI=1S/C24H23NO4/c1-28-17-8-6-7-16(13-17)23(26)14-25-24(27)29-15-22-20-11-4-2-9-18(20)19-10-3-5-12-21(19)22/h2-13,22-23,26H,14-15H2,1H3,(H,25,27). The first-order valence-electron chi connectivity index (χ1n) is 9.58. The van der Waals surface area contributed by atoms with E-state index in [4.69, 9.17) is 9.47 Å². The van der Waals surface area contributed by atoms with Crippen molar-refractivity contribution in [2.75, 3.05) is 20.3 Å². The molecule has 5 nitrogen and oxygen atoms in total. The predicted molar refractivity (Wildman–Crippen MR) is 111 cm³/mol. The normalized spacial score (nSPS) is 13.3. The van der Waals surface area contributed by atoms with Crippen LogP contribution in [0, 0.1) is 0 Å². The number of ether oxygens (including phenoxy) is 2. The van der Waals surface area contributed by atoms with E-state index in [2.05, 4.69) is 29.6 Å². The molecule has 0 bridgehead atoms. The van der Waals surface area contributed by atoms with Crippen LogP contribution in [-0.2, 0) is 4.74 Å². The summed E-state index contributed by atoms with van der Waals surface area (Å²) in [6.45, 7) is 0.305. The molecule has 3 aromatic rings. The maximum Gasteiger partial charge on any atom is 0.407 e. The second-order valence-electron chi connectivity index (χ2n) is 7.00. The fourth-order valence-corrected chi connectivity index (χ4v) is 3.80. The minimum Gasteiger partial charge on any atom is -0.497 e. The highest BCUT2D eigenvalue weighted by Gasteiger charge is 2.29. The number of benzene rings is 3. The van der Waals surface area contributed by atoms with Gasteiger partial charge in [-0.2, -0.15) is 0 Å². The number of fused-ring (bicyclic) bond motifs is 3. The van der Waals surface area contributed by atoms with Crippen LogP contribution in [0.5, 0.6) is 5.75 Å². The Labute approximate surface area is 169 Å². The Morgan fingerprint density at radius 2 is 1.66 bits per heavy atom. The molecule has 1 aliphatic carbocycles. The first-order valence-corrected chi connectivity index (χ1v) is 9.58. The van der Waals surface area contributed by atoms with Crippen molar-refractivity contribution in [1.82, 2.24) is 5.32 Å². The third kappa shape index (κ3) is 3.96. The molecule has 1 atom stereocenters. The van der Waals surface area contributed by atoms with Gasteiger partial charge >= 0.3 is 6.09 Å². The minimum atomic E-state index is -0.842. The molecular weight excluding hydrogens is 366 g/mol. The number of nitrogens with one attached hydrogen (secondary N) is 1. The van der Waals surface area contributed by atoms with E-state index in [1.165, 1.54) is 11.1 Å². The zero-order valence-electron chi connectivity index (χ0n) is 16.2. The summed E-state index contributed by atoms with van der Waals surface area (Å²) in [5, 5.41) is 12.9. The number of carbonyl (C=O) groups is 1. The molecule has 1 aliphatic rings. The van der Waals surface area contributed by atoms with E-state index < -0.39 is 12.2 Å². The second kappa shape index (κ2) is 8.37. The Morgan fingerprint density at radius 1 is 1.00 bits per heavy atom. The van der Waals surface area contributed by atoms with Gasteiger partial charge < -0.3 is 19.9 Å². The molecule has 5 heteroatoms. The smallest absolute Gasteiger partial charge is 0.407 e. The average molecular weight is 389 g/mol. The number of amides is 1. The van der Waals surface area contributed by atoms with Crippen molar-refractivity contribution in [3.05, 3.63) is 89.5 Å². The van der Waals surface area contributed by atoms with Gasteiger partial charge in [0.05, 0.1) is 19.8 Å². The van der Waals surface area contributed by atoms with Crippen LogP contribution >= 0.6 is 0 Å². The SMILES string of the molecule is COc1cccc(C(O)CNC(=O)OCC2c3ccccc3-c3ccccc32)c1. The van der Waals surface area contributed by atoms with Crippen LogP contribution in [-0.4, -0.2) is 31.5 Å². The van der Waals surface area contributed by atoms with Gasteiger partial charge in [0.2, 0.25) is 0 Å². The first-order chi connectivity index (χ1) is 14.2. The first kappa shape index (κ1) is 19.0. The van der Waals surface area contributed by atoms with Gasteiger partial charge in [0, 0.05) is 5.92 Å². The minimum absolute atomic E-state index is 0.0106. The fraction of sp³-hybridized carbons (Fsp3) is 0.208. The third-order valence-corrected chi connectivity index (χ3v) is 5.26. The highest BCUT2D eigenvalue weighted by atomic mass is 16.5. The summed E-state index contributed by atoms with van der Waals surface area (Å²) in [6, 6.07) is 23.5. The number of methoxy groups -OCH3 is 1. The Morgan fingerprint density at radius 3 is 2.31 bits per heavy atom. The molecule has 0 radical (unpaired) electrons. The van der Waals surface area contributed by atoms with E-state index in [1.54, 1.807) is 31.4 Å². The molecule has 3 aromatic carbocycles. The van der Waals surface area contributed by atoms with Crippen LogP contribution in [0.2, 0.25) is 0 Å². The van der Waals surface area contributed by atoms with Crippen LogP contribution in [0.25, 0.3) is 11.1 Å². The monoisotopic (exact) mass is 389 g/mol. The van der Waals surface area contributed by atoms with E-state index in [0.717, 1.165) is 11.1 Å². The predicted octanol–water partition coefficient (Wildman–Crippen LogP) is 4.27. The van der Waals surface area contributed by atoms with Gasteiger partial charge in [-0.25, -0.2) is 4.79 Å². The van der Waals surface area contributed by atoms with Gasteiger partial charge in [0.15, 0.2) is 0 Å². The maximum absolute atomic E-state index is 12.2. The average Bonchev–Trinajstić information content (AvgIpc) is 3.10. The highest BCUT2D eigenvalue weighted by Crippen LogP contribution is 2.44. The van der Waals surface area contributed by atoms with Gasteiger partial charge in [-0.3, -0.25) is 0 Å². The molecule has 0 aliphatic heterocycles. The van der Waals surface area contributed by atoms with Gasteiger partial charge in [-0.1, -0.05) is 60.7 Å². The highest BCUT2D eigenvalue weighted by molar-refractivity contribution is 5.79. The van der Waals surface area contributed by atoms with Crippen LogP contribution < -0.4 is 10.1 Å². The summed E-state index contributed by atoms with van der Waals surface area (Å²) in [7, 11) is 1.57. The number of alkyl carbamates (subject to hydrolysis) is 1. The van der Waals surface area contributed by atoms with E-state index in [0.29, 0.717) is 11.3 Å². The maximum atomic E-state index is 12.2. The van der Waals surface area contributed by atoms with Crippen molar-refractivity contribution in [3.8, 4) is 16.9 Å². The zero-order chi connectivity index (χ0) is 20.2. The zero-order valence-corrected chi connectivity index (χ0v) is 16.2. The van der Waals surface area contributed by atoms with E-state index >= 15 is 0 Å². The lowest BCUT2D eigenvalue weighted by atomic mass is 9.98. The van der Waals surface area contributed by atoms with Gasteiger partial charge in [-0.05, 0) is 39.9 Å². The molecule has 2 N–H and O–H groups in total. The molecule has 0 saturated heterocycles. The van der Waals surface area contributed by atoms with Crippen molar-refractivity contribution in [2.24, 2.45) is 0 Å².